The molecule has 5 rings (SSSR count). The molecule has 5 heteroatoms. The molecule has 0 bridgehead atoms. The lowest BCUT2D eigenvalue weighted by molar-refractivity contribution is 0.0679. The number of hydrogen-bond donors (Lipinski definition) is 2. The summed E-state index contributed by atoms with van der Waals surface area (Å²) in [4.78, 5) is 12.8. The van der Waals surface area contributed by atoms with E-state index in [1.165, 1.54) is 48.8 Å². The first-order valence-corrected chi connectivity index (χ1v) is 13.7. The Bertz CT molecular complexity index is 962. The first-order valence-electron chi connectivity index (χ1n) is 13.7. The third kappa shape index (κ3) is 6.86. The Labute approximate surface area is 210 Å². The Balaban J connectivity index is 1.07. The quantitative estimate of drug-likeness (QED) is 0.535. The smallest absolute Gasteiger partial charge is 0.251 e. The molecule has 2 fully saturated rings. The Kier molecular flexibility index (Phi) is 8.37. The van der Waals surface area contributed by atoms with Crippen LogP contribution in [0.5, 0.6) is 5.75 Å². The molecule has 2 aliphatic carbocycles. The zero-order valence-corrected chi connectivity index (χ0v) is 20.9. The van der Waals surface area contributed by atoms with Crippen LogP contribution in [0.15, 0.2) is 42.5 Å². The molecule has 0 radical (unpaired) electrons. The van der Waals surface area contributed by atoms with Crippen LogP contribution in [0.3, 0.4) is 0 Å². The van der Waals surface area contributed by atoms with Crippen molar-refractivity contribution in [1.29, 1.82) is 0 Å². The predicted molar refractivity (Wildman–Crippen MR) is 139 cm³/mol. The monoisotopic (exact) mass is 476 g/mol. The summed E-state index contributed by atoms with van der Waals surface area (Å²) in [6.45, 7) is 2.48. The van der Waals surface area contributed by atoms with Crippen LogP contribution in [0.25, 0.3) is 0 Å². The second-order valence-corrected chi connectivity index (χ2v) is 10.5. The van der Waals surface area contributed by atoms with Crippen molar-refractivity contribution < 1.29 is 14.3 Å². The number of ether oxygens (including phenoxy) is 2. The van der Waals surface area contributed by atoms with Crippen LogP contribution in [0, 0.1) is 0 Å². The summed E-state index contributed by atoms with van der Waals surface area (Å²) < 4.78 is 11.4. The zero-order chi connectivity index (χ0) is 23.9. The van der Waals surface area contributed by atoms with Crippen LogP contribution in [0.1, 0.15) is 78.4 Å². The Morgan fingerprint density at radius 1 is 0.914 bits per heavy atom. The van der Waals surface area contributed by atoms with E-state index in [9.17, 15) is 4.79 Å². The van der Waals surface area contributed by atoms with E-state index in [4.69, 9.17) is 9.47 Å². The normalized spacial score (nSPS) is 22.5. The minimum Gasteiger partial charge on any atom is -0.491 e. The SMILES string of the molecule is O=C(N[C@H]1CCc2cc(CCNC3CCCCC3)ccc2C1)c1ccc(OC[C@@H]2CCCO2)cc1. The number of benzene rings is 2. The average molecular weight is 477 g/mol. The molecule has 1 heterocycles. The second-order valence-electron chi connectivity index (χ2n) is 10.5. The van der Waals surface area contributed by atoms with Gasteiger partial charge in [0.15, 0.2) is 0 Å². The maximum absolute atomic E-state index is 12.8. The summed E-state index contributed by atoms with van der Waals surface area (Å²) in [6, 6.07) is 15.3. The van der Waals surface area contributed by atoms with E-state index in [2.05, 4.69) is 28.8 Å². The molecule has 0 spiro atoms. The fraction of sp³-hybridized carbons (Fsp3) is 0.567. The molecular formula is C30H40N2O3. The second kappa shape index (κ2) is 12.0. The first-order chi connectivity index (χ1) is 17.2. The number of hydrogen-bond acceptors (Lipinski definition) is 4. The molecule has 5 nitrogen and oxygen atoms in total. The van der Waals surface area contributed by atoms with Crippen molar-refractivity contribution >= 4 is 5.91 Å². The van der Waals surface area contributed by atoms with Gasteiger partial charge < -0.3 is 20.1 Å². The van der Waals surface area contributed by atoms with E-state index in [0.717, 1.165) is 63.5 Å². The standard InChI is InChI=1S/C30H40N2O3/c33-30(23-11-14-28(15-12-23)35-21-29-7-4-18-34-29)32-27-13-10-24-19-22(8-9-25(24)20-27)16-17-31-26-5-2-1-3-6-26/h8-9,11-12,14-15,19,26-27,29,31H,1-7,10,13,16-18,20-21H2,(H,32,33)/t27-,29-/m0/s1. The van der Waals surface area contributed by atoms with Gasteiger partial charge in [0, 0.05) is 24.3 Å². The molecule has 2 atom stereocenters. The highest BCUT2D eigenvalue weighted by atomic mass is 16.5. The lowest BCUT2D eigenvalue weighted by Crippen LogP contribution is -2.38. The van der Waals surface area contributed by atoms with Gasteiger partial charge in [0.2, 0.25) is 0 Å². The Hall–Kier alpha value is -2.37. The number of nitrogens with one attached hydrogen (secondary N) is 2. The van der Waals surface area contributed by atoms with Gasteiger partial charge >= 0.3 is 0 Å². The van der Waals surface area contributed by atoms with Crippen LogP contribution < -0.4 is 15.4 Å². The van der Waals surface area contributed by atoms with Crippen molar-refractivity contribution in [2.45, 2.75) is 88.8 Å². The highest BCUT2D eigenvalue weighted by molar-refractivity contribution is 5.94. The number of carbonyl (C=O) groups is 1. The molecule has 2 aromatic carbocycles. The van der Waals surface area contributed by atoms with Crippen molar-refractivity contribution in [3.05, 3.63) is 64.7 Å². The molecule has 1 saturated heterocycles. The molecule has 3 aliphatic rings. The van der Waals surface area contributed by atoms with Gasteiger partial charge in [-0.15, -0.1) is 0 Å². The highest BCUT2D eigenvalue weighted by Gasteiger charge is 2.21. The van der Waals surface area contributed by atoms with Crippen molar-refractivity contribution in [1.82, 2.24) is 10.6 Å². The van der Waals surface area contributed by atoms with E-state index in [0.29, 0.717) is 12.2 Å². The van der Waals surface area contributed by atoms with Crippen LogP contribution in [-0.2, 0) is 24.0 Å². The summed E-state index contributed by atoms with van der Waals surface area (Å²) in [5, 5.41) is 7.00. The number of aryl methyl sites for hydroxylation is 1. The van der Waals surface area contributed by atoms with Gasteiger partial charge in [-0.2, -0.15) is 0 Å². The van der Waals surface area contributed by atoms with Gasteiger partial charge in [0.05, 0.1) is 6.10 Å². The van der Waals surface area contributed by atoms with E-state index < -0.39 is 0 Å². The summed E-state index contributed by atoms with van der Waals surface area (Å²) in [5.74, 6) is 0.780. The van der Waals surface area contributed by atoms with Gasteiger partial charge in [-0.3, -0.25) is 4.79 Å². The summed E-state index contributed by atoms with van der Waals surface area (Å²) >= 11 is 0. The molecule has 1 aliphatic heterocycles. The molecule has 188 valence electrons. The minimum atomic E-state index is -0.00506. The molecule has 1 amide bonds. The third-order valence-corrected chi connectivity index (χ3v) is 7.86. The molecule has 2 N–H and O–H groups in total. The minimum absolute atomic E-state index is 0.00506. The molecule has 0 aromatic heterocycles. The topological polar surface area (TPSA) is 59.6 Å². The maximum Gasteiger partial charge on any atom is 0.251 e. The number of amides is 1. The van der Waals surface area contributed by atoms with Crippen LogP contribution in [-0.4, -0.2) is 43.9 Å². The molecule has 2 aromatic rings. The van der Waals surface area contributed by atoms with E-state index >= 15 is 0 Å². The van der Waals surface area contributed by atoms with Crippen LogP contribution >= 0.6 is 0 Å². The van der Waals surface area contributed by atoms with Crippen molar-refractivity contribution in [2.75, 3.05) is 19.8 Å². The van der Waals surface area contributed by atoms with Crippen molar-refractivity contribution in [3.63, 3.8) is 0 Å². The summed E-state index contributed by atoms with van der Waals surface area (Å²) in [5.41, 5.74) is 4.94. The van der Waals surface area contributed by atoms with Gasteiger partial charge in [-0.1, -0.05) is 37.5 Å². The first kappa shape index (κ1) is 24.3. The van der Waals surface area contributed by atoms with E-state index in [1.807, 2.05) is 24.3 Å². The van der Waals surface area contributed by atoms with E-state index in [1.54, 1.807) is 0 Å². The fourth-order valence-electron chi connectivity index (χ4n) is 5.75. The van der Waals surface area contributed by atoms with Gasteiger partial charge in [-0.05, 0) is 98.9 Å². The molecule has 0 unspecified atom stereocenters. The highest BCUT2D eigenvalue weighted by Crippen LogP contribution is 2.24. The number of carbonyl (C=O) groups excluding carboxylic acids is 1. The molecule has 35 heavy (non-hydrogen) atoms. The molecule has 1 saturated carbocycles. The Morgan fingerprint density at radius 2 is 1.77 bits per heavy atom. The van der Waals surface area contributed by atoms with Gasteiger partial charge in [-0.25, -0.2) is 0 Å². The summed E-state index contributed by atoms with van der Waals surface area (Å²) in [7, 11) is 0. The summed E-state index contributed by atoms with van der Waals surface area (Å²) in [6.07, 6.45) is 13.2. The number of rotatable bonds is 9. The van der Waals surface area contributed by atoms with Crippen LogP contribution in [0.4, 0.5) is 0 Å². The zero-order valence-electron chi connectivity index (χ0n) is 20.9. The molecular weight excluding hydrogens is 436 g/mol. The largest absolute Gasteiger partial charge is 0.491 e. The van der Waals surface area contributed by atoms with Crippen LogP contribution in [0.2, 0.25) is 0 Å². The Morgan fingerprint density at radius 3 is 2.57 bits per heavy atom. The third-order valence-electron chi connectivity index (χ3n) is 7.86. The van der Waals surface area contributed by atoms with Crippen molar-refractivity contribution in [2.24, 2.45) is 0 Å². The maximum atomic E-state index is 12.8. The predicted octanol–water partition coefficient (Wildman–Crippen LogP) is 5.00. The fourth-order valence-corrected chi connectivity index (χ4v) is 5.75. The lowest BCUT2D eigenvalue weighted by Gasteiger charge is -2.26. The van der Waals surface area contributed by atoms with E-state index in [-0.39, 0.29) is 18.1 Å². The number of fused-ring (bicyclic) bond motifs is 1. The van der Waals surface area contributed by atoms with Gasteiger partial charge in [0.25, 0.3) is 5.91 Å². The lowest BCUT2D eigenvalue weighted by atomic mass is 9.86. The average Bonchev–Trinajstić information content (AvgIpc) is 3.42. The van der Waals surface area contributed by atoms with Crippen molar-refractivity contribution in [3.8, 4) is 5.75 Å². The van der Waals surface area contributed by atoms with Gasteiger partial charge in [0.1, 0.15) is 12.4 Å².